The van der Waals surface area contributed by atoms with Gasteiger partial charge in [-0.25, -0.2) is 4.57 Å². The molecule has 11 aliphatic rings. The van der Waals surface area contributed by atoms with Crippen molar-refractivity contribution in [2.24, 2.45) is 0 Å². The summed E-state index contributed by atoms with van der Waals surface area (Å²) in [7, 11) is -5.59. The molecular weight excluding hydrogens is 1840 g/mol. The highest BCUT2D eigenvalue weighted by Crippen LogP contribution is 2.48. The van der Waals surface area contributed by atoms with Gasteiger partial charge >= 0.3 is 7.82 Å². The number of hydrogen-bond acceptors (Lipinski definition) is 58. The number of aliphatic hydroxyl groups is 33. The third-order valence-electron chi connectivity index (χ3n) is 24.0. The summed E-state index contributed by atoms with van der Waals surface area (Å²) < 4.78 is 139. The summed E-state index contributed by atoms with van der Waals surface area (Å²) in [5.41, 5.74) is 0. The van der Waals surface area contributed by atoms with Crippen molar-refractivity contribution < 1.29 is 291 Å². The van der Waals surface area contributed by atoms with Crippen LogP contribution in [0.1, 0.15) is 13.8 Å². The Hall–Kier alpha value is -3.07. The lowest BCUT2D eigenvalue weighted by Gasteiger charge is -2.51. The zero-order valence-corrected chi connectivity index (χ0v) is 70.3. The van der Waals surface area contributed by atoms with E-state index in [1.165, 1.54) is 0 Å². The van der Waals surface area contributed by atoms with Gasteiger partial charge in [-0.2, -0.15) is 0 Å². The van der Waals surface area contributed by atoms with Gasteiger partial charge in [0.1, 0.15) is 268 Å². The second-order valence-electron chi connectivity index (χ2n) is 32.9. The van der Waals surface area contributed by atoms with Crippen molar-refractivity contribution in [3.05, 3.63) is 0 Å². The van der Waals surface area contributed by atoms with Crippen LogP contribution in [0.3, 0.4) is 0 Å². The van der Waals surface area contributed by atoms with Crippen LogP contribution in [0.15, 0.2) is 0 Å². The van der Waals surface area contributed by atoms with Crippen molar-refractivity contribution in [3.63, 3.8) is 0 Å². The van der Waals surface area contributed by atoms with Crippen LogP contribution in [-0.4, -0.2) is 596 Å². The normalized spacial score (nSPS) is 51.0. The Morgan fingerprint density at radius 1 is 0.242 bits per heavy atom. The number of amides is 2. The monoisotopic (exact) mass is 1960 g/mol. The van der Waals surface area contributed by atoms with Crippen molar-refractivity contribution >= 4 is 19.6 Å². The number of aliphatic hydroxyl groups excluding tert-OH is 33. The van der Waals surface area contributed by atoms with E-state index in [2.05, 4.69) is 10.6 Å². The summed E-state index contributed by atoms with van der Waals surface area (Å²) in [5, 5.41) is 371. The first-order valence-electron chi connectivity index (χ1n) is 41.4. The van der Waals surface area contributed by atoms with Crippen LogP contribution >= 0.6 is 7.82 Å². The maximum absolute atomic E-state index is 13.2. The molecule has 36 N–H and O–H groups in total. The molecule has 61 nitrogen and oxygen atoms in total. The first kappa shape index (κ1) is 109. The number of phosphoric acid groups is 1. The molecule has 11 aliphatic heterocycles. The molecule has 132 heavy (non-hydrogen) atoms. The van der Waals surface area contributed by atoms with Crippen LogP contribution < -0.4 is 10.6 Å². The van der Waals surface area contributed by atoms with E-state index in [1.54, 1.807) is 0 Å². The van der Waals surface area contributed by atoms with E-state index >= 15 is 0 Å². The molecule has 11 saturated heterocycles. The lowest BCUT2D eigenvalue weighted by atomic mass is 9.94. The van der Waals surface area contributed by atoms with E-state index in [4.69, 9.17) is 104 Å². The molecule has 0 bridgehead atoms. The van der Waals surface area contributed by atoms with Crippen LogP contribution in [0.4, 0.5) is 0 Å². The zero-order valence-electron chi connectivity index (χ0n) is 69.4. The van der Waals surface area contributed by atoms with E-state index in [0.717, 1.165) is 13.8 Å². The largest absolute Gasteiger partial charge is 0.474 e. The van der Waals surface area contributed by atoms with Gasteiger partial charge in [-0.05, 0) is 0 Å². The number of nitrogens with one attached hydrogen (secondary N) is 2. The highest BCUT2D eigenvalue weighted by Gasteiger charge is 2.62. The first-order chi connectivity index (χ1) is 62.3. The highest BCUT2D eigenvalue weighted by atomic mass is 31.2. The maximum atomic E-state index is 13.2. The average molecular weight is 1960 g/mol. The fourth-order valence-electron chi connectivity index (χ4n) is 16.5. The molecule has 0 spiro atoms. The molecule has 2 unspecified atom stereocenters. The molecule has 0 saturated carbocycles. The molecule has 2 amide bonds. The van der Waals surface area contributed by atoms with Crippen molar-refractivity contribution in [2.45, 2.75) is 351 Å². The number of rotatable bonds is 35. The molecule has 0 radical (unpaired) electrons. The predicted octanol–water partition coefficient (Wildman–Crippen LogP) is -24.6. The van der Waals surface area contributed by atoms with Gasteiger partial charge in [-0.1, -0.05) is 0 Å². The standard InChI is InChI=1S/C70H119N2O59P/c1-14(81)71-27-38(92)53(22(9-79)113-60(27)107)124-61-28(72-15(2)82)39(93)54(23(10-80)120-61)125-67-52(106)57(128-69-59(45(99)33(87)19(6-76)118-69)130-70-58(44(98)32(86)20(7-77)119-70)129-66-51(105)55(35(89)21(8-78)116-66)126-64-47(101)40(94)29(83)16(3-73)114-64)37(91)25(123-67)12-111-63-50(104)56(127-65-48(102)41(95)30(84)17(4-74)115-65)36(90)24(121-63)11-110-62-46(100)43(97)34(88)26(122-62)13-112-132(108,109)131-68-49(103)42(96)31(85)18(5-75)117-68/h16-70,73-80,83-107H,3-13H2,1-2H3,(H,71,81)(H,72,82)(H,108,109)/t16-,17-,18-,19-,20-,21-,22-,23-,24-,25-,26-,27-,28-,29-,30-,31-,32-,33-,34-,35-,36-,37-,38-,39-,40+,41+,42+,43+,44+,45+,46+,47-,48+,49+,50+,51+,52+,53-,54-,55+,56+,57+,58+,59+,60?,61+,62+,63+,64-,65-,66-,67+,68-,69-,70-/m1/s1. The van der Waals surface area contributed by atoms with Gasteiger partial charge in [0.25, 0.3) is 0 Å². The van der Waals surface area contributed by atoms with Crippen LogP contribution in [0.25, 0.3) is 0 Å². The van der Waals surface area contributed by atoms with Gasteiger partial charge < -0.3 is 279 Å². The zero-order chi connectivity index (χ0) is 97.2. The van der Waals surface area contributed by atoms with Gasteiger partial charge in [0.2, 0.25) is 11.8 Å². The summed E-state index contributed by atoms with van der Waals surface area (Å²) in [4.78, 5) is 36.0. The lowest BCUT2D eigenvalue weighted by molar-refractivity contribution is -0.411. The second kappa shape index (κ2) is 47.2. The number of carbonyl (C=O) groups is 2. The summed E-state index contributed by atoms with van der Waals surface area (Å²) in [5.74, 6) is -1.84. The molecular formula is C70H119N2O59P. The van der Waals surface area contributed by atoms with Crippen LogP contribution in [-0.2, 0) is 118 Å². The highest BCUT2D eigenvalue weighted by molar-refractivity contribution is 7.47. The van der Waals surface area contributed by atoms with Gasteiger partial charge in [0, 0.05) is 13.8 Å². The second-order valence-corrected chi connectivity index (χ2v) is 34.3. The number of carbonyl (C=O) groups excluding carboxylic acids is 2. The van der Waals surface area contributed by atoms with E-state index in [0.29, 0.717) is 0 Å². The Bertz CT molecular complexity index is 3590. The summed E-state index contributed by atoms with van der Waals surface area (Å²) in [6, 6.07) is -3.72. The molecule has 11 rings (SSSR count). The lowest BCUT2D eigenvalue weighted by Crippen LogP contribution is -2.70. The minimum absolute atomic E-state index is 0.831. The SMILES string of the molecule is CC(=O)N[C@H]1[C@H](O[C@H]2[C@H](O)[C@@H](NC(C)=O)C(O)O[C@@H]2CO)O[C@H](CO)[C@@H](O[C@@H]2O[C@H](CO[C@H]3O[C@H](CO[C@H]4O[C@H](COP(=O)(O)O[C@H]5O[C@H](CO)[C@@H](O)[C@H](O)[C@@H]5O)[C@@H](O)[C@H](O)[C@@H]4O)[C@@H](O)[C@H](O[C@H]4O[C@H](CO)[C@@H](O)[C@H](O)[C@@H]4O)[C@@H]3O)[C@@H](O)[C@H](O[C@H]3O[C@H](CO)[C@@H](O)[C@H](O)[C@@H]3O[C@H]3O[C@H](CO)[C@@H](O)[C@H](O)[C@@H]3O[C@H]3O[C@H](CO)[C@@H](O)[C@H](O[C@H]4O[C@H](CO)[C@@H](O)[C@H](O)[C@H]4O)[C@@H]3O)[C@@H]2O)[C@@H]1O. The fraction of sp³-hybridized carbons (Fsp3) is 0.971. The van der Waals surface area contributed by atoms with Gasteiger partial charge in [0.15, 0.2) is 69.2 Å². The fourth-order valence-corrected chi connectivity index (χ4v) is 17.3. The van der Waals surface area contributed by atoms with E-state index in [1.807, 2.05) is 0 Å². The molecule has 11 fully saturated rings. The maximum Gasteiger partial charge on any atom is 0.474 e. The van der Waals surface area contributed by atoms with E-state index in [-0.39, 0.29) is 0 Å². The third-order valence-corrected chi connectivity index (χ3v) is 24.9. The van der Waals surface area contributed by atoms with E-state index in [9.17, 15) is 188 Å². The van der Waals surface area contributed by atoms with Gasteiger partial charge in [-0.15, -0.1) is 0 Å². The molecule has 0 aromatic heterocycles. The van der Waals surface area contributed by atoms with Crippen LogP contribution in [0.5, 0.6) is 0 Å². The molecule has 0 aromatic rings. The minimum Gasteiger partial charge on any atom is -0.394 e. The van der Waals surface area contributed by atoms with Crippen molar-refractivity contribution in [1.82, 2.24) is 10.6 Å². The summed E-state index contributed by atoms with van der Waals surface area (Å²) >= 11 is 0. The van der Waals surface area contributed by atoms with Gasteiger partial charge in [-0.3, -0.25) is 18.6 Å². The molecule has 56 atom stereocenters. The average Bonchev–Trinajstić information content (AvgIpc) is 0.761. The van der Waals surface area contributed by atoms with Crippen LogP contribution in [0, 0.1) is 0 Å². The Labute approximate surface area is 743 Å². The Balaban J connectivity index is 0.912. The molecule has 11 heterocycles. The third kappa shape index (κ3) is 23.9. The molecule has 62 heteroatoms. The number of hydrogen-bond donors (Lipinski definition) is 36. The Morgan fingerprint density at radius 3 is 0.902 bits per heavy atom. The summed E-state index contributed by atoms with van der Waals surface area (Å²) in [6.45, 7) is -11.2. The minimum atomic E-state index is -5.59. The Morgan fingerprint density at radius 2 is 0.492 bits per heavy atom. The smallest absolute Gasteiger partial charge is 0.394 e. The Kier molecular flexibility index (Phi) is 39.1. The first-order valence-corrected chi connectivity index (χ1v) is 42.9. The van der Waals surface area contributed by atoms with Crippen molar-refractivity contribution in [2.75, 3.05) is 72.7 Å². The number of ether oxygens (including phenoxy) is 20. The number of phosphoric ester groups is 1. The molecule has 0 aromatic carbocycles. The van der Waals surface area contributed by atoms with Crippen molar-refractivity contribution in [1.29, 1.82) is 0 Å². The van der Waals surface area contributed by atoms with Gasteiger partial charge in [0.05, 0.1) is 72.7 Å². The molecule has 0 aliphatic carbocycles. The quantitative estimate of drug-likeness (QED) is 0.0262. The van der Waals surface area contributed by atoms with Crippen molar-refractivity contribution in [3.8, 4) is 0 Å². The molecule has 768 valence electrons. The summed E-state index contributed by atoms with van der Waals surface area (Å²) in [6.07, 6.45) is -118. The van der Waals surface area contributed by atoms with E-state index < -0.39 is 430 Å². The topological polar surface area (TPSA) is 966 Å². The van der Waals surface area contributed by atoms with Crippen LogP contribution in [0.2, 0.25) is 0 Å². The predicted molar refractivity (Wildman–Crippen MR) is 396 cm³/mol.